The summed E-state index contributed by atoms with van der Waals surface area (Å²) in [7, 11) is 0. The Morgan fingerprint density at radius 1 is 1.15 bits per heavy atom. The summed E-state index contributed by atoms with van der Waals surface area (Å²) in [5, 5.41) is 5.14. The SMILES string of the molecule is Cc1nc(-c2ccc(C3NOCc4c3[nH]c3ccc(Br)cc43)cc2)no1. The maximum atomic E-state index is 5.66. The molecule has 0 radical (unpaired) electrons. The number of hydrogen-bond donors (Lipinski definition) is 2. The van der Waals surface area contributed by atoms with E-state index in [2.05, 4.69) is 60.8 Å². The minimum Gasteiger partial charge on any atom is -0.356 e. The highest BCUT2D eigenvalue weighted by molar-refractivity contribution is 9.10. The Morgan fingerprint density at radius 2 is 2.00 bits per heavy atom. The van der Waals surface area contributed by atoms with Crippen LogP contribution in [0.3, 0.4) is 0 Å². The van der Waals surface area contributed by atoms with Crippen molar-refractivity contribution < 1.29 is 9.36 Å². The molecule has 1 aliphatic rings. The number of fused-ring (bicyclic) bond motifs is 3. The van der Waals surface area contributed by atoms with Gasteiger partial charge in [0.15, 0.2) is 0 Å². The number of hydroxylamine groups is 1. The average Bonchev–Trinajstić information content (AvgIpc) is 3.25. The summed E-state index contributed by atoms with van der Waals surface area (Å²) in [4.78, 5) is 13.5. The Bertz CT molecular complexity index is 1100. The summed E-state index contributed by atoms with van der Waals surface area (Å²) in [6, 6.07) is 14.3. The van der Waals surface area contributed by atoms with Crippen LogP contribution in [0.1, 0.15) is 28.8 Å². The van der Waals surface area contributed by atoms with E-state index in [1.807, 2.05) is 18.2 Å². The number of hydrogen-bond acceptors (Lipinski definition) is 5. The van der Waals surface area contributed by atoms with Gasteiger partial charge in [0.1, 0.15) is 0 Å². The van der Waals surface area contributed by atoms with E-state index in [0.717, 1.165) is 26.8 Å². The summed E-state index contributed by atoms with van der Waals surface area (Å²) in [6.45, 7) is 2.31. The van der Waals surface area contributed by atoms with Crippen molar-refractivity contribution in [2.24, 2.45) is 0 Å². The molecule has 0 saturated heterocycles. The van der Waals surface area contributed by atoms with Crippen molar-refractivity contribution in [1.82, 2.24) is 20.6 Å². The lowest BCUT2D eigenvalue weighted by atomic mass is 9.98. The van der Waals surface area contributed by atoms with Crippen molar-refractivity contribution in [2.75, 3.05) is 0 Å². The first-order valence-corrected chi connectivity index (χ1v) is 9.06. The predicted molar refractivity (Wildman–Crippen MR) is 100 cm³/mol. The van der Waals surface area contributed by atoms with E-state index in [4.69, 9.17) is 9.36 Å². The van der Waals surface area contributed by atoms with Crippen LogP contribution >= 0.6 is 15.9 Å². The first-order valence-electron chi connectivity index (χ1n) is 8.27. The fraction of sp³-hybridized carbons (Fsp3) is 0.158. The summed E-state index contributed by atoms with van der Waals surface area (Å²) in [5.74, 6) is 1.15. The maximum Gasteiger partial charge on any atom is 0.223 e. The Balaban J connectivity index is 1.54. The van der Waals surface area contributed by atoms with Gasteiger partial charge < -0.3 is 9.51 Å². The second-order valence-electron chi connectivity index (χ2n) is 6.31. The van der Waals surface area contributed by atoms with Gasteiger partial charge in [0.25, 0.3) is 0 Å². The first kappa shape index (κ1) is 15.7. The fourth-order valence-corrected chi connectivity index (χ4v) is 3.74. The minimum atomic E-state index is -0.0639. The molecule has 3 heterocycles. The van der Waals surface area contributed by atoms with E-state index in [1.54, 1.807) is 6.92 Å². The molecule has 1 aliphatic heterocycles. The van der Waals surface area contributed by atoms with Crippen LogP contribution in [0.2, 0.25) is 0 Å². The van der Waals surface area contributed by atoms with Crippen LogP contribution < -0.4 is 5.48 Å². The first-order chi connectivity index (χ1) is 12.7. The van der Waals surface area contributed by atoms with E-state index in [9.17, 15) is 0 Å². The zero-order chi connectivity index (χ0) is 17.7. The molecular weight excluding hydrogens is 396 g/mol. The molecule has 0 spiro atoms. The van der Waals surface area contributed by atoms with Gasteiger partial charge in [-0.2, -0.15) is 10.5 Å². The van der Waals surface area contributed by atoms with Crippen LogP contribution in [0.15, 0.2) is 51.5 Å². The molecule has 2 N–H and O–H groups in total. The molecule has 1 atom stereocenters. The van der Waals surface area contributed by atoms with Crippen molar-refractivity contribution in [2.45, 2.75) is 19.6 Å². The lowest BCUT2D eigenvalue weighted by Crippen LogP contribution is -2.28. The Morgan fingerprint density at radius 3 is 2.77 bits per heavy atom. The average molecular weight is 411 g/mol. The third-order valence-corrected chi connectivity index (χ3v) is 5.13. The van der Waals surface area contributed by atoms with Crippen LogP contribution in [0.5, 0.6) is 0 Å². The maximum absolute atomic E-state index is 5.66. The molecule has 26 heavy (non-hydrogen) atoms. The molecule has 0 amide bonds. The highest BCUT2D eigenvalue weighted by atomic mass is 79.9. The molecule has 0 bridgehead atoms. The largest absolute Gasteiger partial charge is 0.356 e. The molecular formula is C19H15BrN4O2. The summed E-state index contributed by atoms with van der Waals surface area (Å²) in [6.07, 6.45) is 0. The smallest absolute Gasteiger partial charge is 0.223 e. The lowest BCUT2D eigenvalue weighted by molar-refractivity contribution is -0.00238. The van der Waals surface area contributed by atoms with E-state index in [-0.39, 0.29) is 6.04 Å². The van der Waals surface area contributed by atoms with E-state index in [1.165, 1.54) is 10.9 Å². The van der Waals surface area contributed by atoms with Gasteiger partial charge in [-0.15, -0.1) is 0 Å². The normalized spacial score (nSPS) is 16.8. The number of rotatable bonds is 2. The predicted octanol–water partition coefficient (Wildman–Crippen LogP) is 4.41. The van der Waals surface area contributed by atoms with Gasteiger partial charge in [-0.25, -0.2) is 0 Å². The van der Waals surface area contributed by atoms with Gasteiger partial charge in [0, 0.05) is 39.1 Å². The van der Waals surface area contributed by atoms with Gasteiger partial charge in [0.05, 0.1) is 12.6 Å². The number of benzene rings is 2. The van der Waals surface area contributed by atoms with E-state index < -0.39 is 0 Å². The summed E-state index contributed by atoms with van der Waals surface area (Å²) >= 11 is 3.55. The second kappa shape index (κ2) is 6.05. The zero-order valence-electron chi connectivity index (χ0n) is 13.9. The molecule has 2 aromatic heterocycles. The molecule has 0 aliphatic carbocycles. The number of nitrogens with one attached hydrogen (secondary N) is 2. The van der Waals surface area contributed by atoms with Crippen molar-refractivity contribution in [3.05, 3.63) is 69.6 Å². The number of aromatic nitrogens is 3. The van der Waals surface area contributed by atoms with Crippen molar-refractivity contribution in [3.8, 4) is 11.4 Å². The Kier molecular flexibility index (Phi) is 3.66. The Labute approximate surface area is 157 Å². The molecule has 1 unspecified atom stereocenters. The number of H-pyrrole nitrogens is 1. The second-order valence-corrected chi connectivity index (χ2v) is 7.22. The molecule has 7 heteroatoms. The molecule has 6 nitrogen and oxygen atoms in total. The fourth-order valence-electron chi connectivity index (χ4n) is 3.37. The van der Waals surface area contributed by atoms with E-state index >= 15 is 0 Å². The monoisotopic (exact) mass is 410 g/mol. The molecule has 0 saturated carbocycles. The standard InChI is InChI=1S/C19H15BrN4O2/c1-10-21-19(24-26-10)12-4-2-11(3-5-12)17-18-15(9-25-23-17)14-8-13(20)6-7-16(14)22-18/h2-8,17,22-23H,9H2,1H3. The third-order valence-electron chi connectivity index (χ3n) is 4.64. The molecule has 4 aromatic rings. The molecule has 5 rings (SSSR count). The molecule has 130 valence electrons. The van der Waals surface area contributed by atoms with Gasteiger partial charge in [-0.1, -0.05) is 45.4 Å². The number of nitrogens with zero attached hydrogens (tertiary/aromatic N) is 2. The summed E-state index contributed by atoms with van der Waals surface area (Å²) < 4.78 is 6.11. The number of aromatic amines is 1. The van der Waals surface area contributed by atoms with Crippen LogP contribution in [-0.2, 0) is 11.4 Å². The summed E-state index contributed by atoms with van der Waals surface area (Å²) in [5.41, 5.74) is 8.58. The minimum absolute atomic E-state index is 0.0639. The van der Waals surface area contributed by atoms with E-state index in [0.29, 0.717) is 18.3 Å². The molecule has 2 aromatic carbocycles. The third kappa shape index (κ3) is 2.56. The van der Waals surface area contributed by atoms with Crippen molar-refractivity contribution in [3.63, 3.8) is 0 Å². The van der Waals surface area contributed by atoms with Crippen LogP contribution in [0, 0.1) is 6.92 Å². The van der Waals surface area contributed by atoms with Crippen molar-refractivity contribution in [1.29, 1.82) is 0 Å². The van der Waals surface area contributed by atoms with Gasteiger partial charge in [-0.3, -0.25) is 4.84 Å². The number of aryl methyl sites for hydroxylation is 1. The van der Waals surface area contributed by atoms with Gasteiger partial charge >= 0.3 is 0 Å². The highest BCUT2D eigenvalue weighted by Gasteiger charge is 2.26. The quantitative estimate of drug-likeness (QED) is 0.511. The van der Waals surface area contributed by atoms with Crippen LogP contribution in [-0.4, -0.2) is 15.1 Å². The molecule has 0 fully saturated rings. The number of halogens is 1. The topological polar surface area (TPSA) is 76.0 Å². The van der Waals surface area contributed by atoms with Crippen LogP contribution in [0.4, 0.5) is 0 Å². The van der Waals surface area contributed by atoms with Gasteiger partial charge in [-0.05, 0) is 23.8 Å². The van der Waals surface area contributed by atoms with Crippen molar-refractivity contribution >= 4 is 26.8 Å². The van der Waals surface area contributed by atoms with Gasteiger partial charge in [0.2, 0.25) is 11.7 Å². The van der Waals surface area contributed by atoms with Crippen LogP contribution in [0.25, 0.3) is 22.3 Å². The lowest BCUT2D eigenvalue weighted by Gasteiger charge is -2.24. The zero-order valence-corrected chi connectivity index (χ0v) is 15.5. The Hall–Kier alpha value is -2.48. The highest BCUT2D eigenvalue weighted by Crippen LogP contribution is 2.35.